The highest BCUT2D eigenvalue weighted by Gasteiger charge is 2.11. The van der Waals surface area contributed by atoms with Crippen molar-refractivity contribution in [1.29, 1.82) is 5.26 Å². The second-order valence-corrected chi connectivity index (χ2v) is 6.03. The van der Waals surface area contributed by atoms with Crippen molar-refractivity contribution < 1.29 is 4.79 Å². The van der Waals surface area contributed by atoms with E-state index in [9.17, 15) is 10.1 Å². The predicted molar refractivity (Wildman–Crippen MR) is 100 cm³/mol. The molecule has 1 N–H and O–H groups in total. The Morgan fingerprint density at radius 1 is 1.00 bits per heavy atom. The van der Waals surface area contributed by atoms with Crippen LogP contribution in [-0.4, -0.2) is 5.91 Å². The summed E-state index contributed by atoms with van der Waals surface area (Å²) >= 11 is 3.38. The lowest BCUT2D eigenvalue weighted by Gasteiger charge is -2.07. The number of rotatable bonds is 3. The summed E-state index contributed by atoms with van der Waals surface area (Å²) in [5.41, 5.74) is 1.52. The summed E-state index contributed by atoms with van der Waals surface area (Å²) in [6.45, 7) is 0. The number of carbonyl (C=O) groups is 1. The maximum atomic E-state index is 12.4. The van der Waals surface area contributed by atoms with Gasteiger partial charge < -0.3 is 5.32 Å². The van der Waals surface area contributed by atoms with E-state index in [2.05, 4.69) is 21.2 Å². The summed E-state index contributed by atoms with van der Waals surface area (Å²) in [6, 6.07) is 22.9. The molecule has 3 nitrogen and oxygen atoms in total. The number of benzene rings is 3. The highest BCUT2D eigenvalue weighted by molar-refractivity contribution is 9.10. The van der Waals surface area contributed by atoms with Gasteiger partial charge in [-0.25, -0.2) is 0 Å². The van der Waals surface area contributed by atoms with E-state index in [4.69, 9.17) is 0 Å². The van der Waals surface area contributed by atoms with E-state index in [0.717, 1.165) is 20.8 Å². The Morgan fingerprint density at radius 2 is 1.71 bits per heavy atom. The van der Waals surface area contributed by atoms with Crippen LogP contribution in [0.5, 0.6) is 0 Å². The third-order valence-corrected chi connectivity index (χ3v) is 4.30. The van der Waals surface area contributed by atoms with Gasteiger partial charge in [-0.2, -0.15) is 5.26 Å². The third kappa shape index (κ3) is 3.37. The fraction of sp³-hybridized carbons (Fsp3) is 0. The van der Waals surface area contributed by atoms with Gasteiger partial charge in [-0.1, -0.05) is 54.6 Å². The first-order chi connectivity index (χ1) is 11.7. The van der Waals surface area contributed by atoms with E-state index in [1.165, 1.54) is 0 Å². The monoisotopic (exact) mass is 376 g/mol. The molecule has 4 heteroatoms. The van der Waals surface area contributed by atoms with E-state index in [0.29, 0.717) is 5.69 Å². The van der Waals surface area contributed by atoms with Gasteiger partial charge in [0, 0.05) is 4.47 Å². The van der Waals surface area contributed by atoms with E-state index < -0.39 is 5.91 Å². The van der Waals surface area contributed by atoms with Crippen LogP contribution in [0.2, 0.25) is 0 Å². The van der Waals surface area contributed by atoms with Crippen LogP contribution in [0.25, 0.3) is 16.8 Å². The Kier molecular flexibility index (Phi) is 4.74. The number of anilines is 1. The Morgan fingerprint density at radius 3 is 2.50 bits per heavy atom. The summed E-state index contributed by atoms with van der Waals surface area (Å²) in [5.74, 6) is -0.433. The molecule has 0 heterocycles. The molecule has 1 amide bonds. The average molecular weight is 377 g/mol. The Balaban J connectivity index is 1.96. The smallest absolute Gasteiger partial charge is 0.266 e. The molecule has 0 saturated heterocycles. The average Bonchev–Trinajstić information content (AvgIpc) is 2.61. The number of nitrogens with zero attached hydrogens (tertiary/aromatic N) is 1. The Labute approximate surface area is 148 Å². The van der Waals surface area contributed by atoms with Crippen LogP contribution in [-0.2, 0) is 4.79 Å². The first-order valence-electron chi connectivity index (χ1n) is 7.34. The number of amides is 1. The van der Waals surface area contributed by atoms with E-state index >= 15 is 0 Å². The van der Waals surface area contributed by atoms with Crippen molar-refractivity contribution in [1.82, 2.24) is 0 Å². The number of para-hydroxylation sites is 1. The van der Waals surface area contributed by atoms with Crippen molar-refractivity contribution in [3.63, 3.8) is 0 Å². The van der Waals surface area contributed by atoms with Crippen LogP contribution >= 0.6 is 15.9 Å². The Bertz CT molecular complexity index is 981. The summed E-state index contributed by atoms with van der Waals surface area (Å²) in [4.78, 5) is 12.4. The van der Waals surface area contributed by atoms with Crippen molar-refractivity contribution in [2.24, 2.45) is 0 Å². The molecule has 0 saturated carbocycles. The molecule has 3 aromatic carbocycles. The van der Waals surface area contributed by atoms with Crippen LogP contribution in [0, 0.1) is 11.3 Å². The SMILES string of the molecule is N#C/C(=C/c1cccc2ccccc12)C(=O)Nc1ccccc1Br. The lowest BCUT2D eigenvalue weighted by molar-refractivity contribution is -0.112. The van der Waals surface area contributed by atoms with Crippen LogP contribution in [0.4, 0.5) is 5.69 Å². The van der Waals surface area contributed by atoms with Gasteiger partial charge in [0.2, 0.25) is 0 Å². The number of hydrogen-bond acceptors (Lipinski definition) is 2. The van der Waals surface area contributed by atoms with Crippen LogP contribution in [0.15, 0.2) is 76.8 Å². The minimum atomic E-state index is -0.433. The lowest BCUT2D eigenvalue weighted by atomic mass is 10.0. The third-order valence-electron chi connectivity index (χ3n) is 3.61. The molecule has 0 aromatic heterocycles. The first-order valence-corrected chi connectivity index (χ1v) is 8.14. The van der Waals surface area contributed by atoms with Crippen molar-refractivity contribution in [2.45, 2.75) is 0 Å². The maximum Gasteiger partial charge on any atom is 0.266 e. The minimum Gasteiger partial charge on any atom is -0.320 e. The largest absolute Gasteiger partial charge is 0.320 e. The maximum absolute atomic E-state index is 12.4. The molecule has 3 rings (SSSR count). The zero-order valence-corrected chi connectivity index (χ0v) is 14.2. The summed E-state index contributed by atoms with van der Waals surface area (Å²) in [5, 5.41) is 14.2. The van der Waals surface area contributed by atoms with Crippen molar-refractivity contribution >= 4 is 44.4 Å². The van der Waals surface area contributed by atoms with Gasteiger partial charge in [0.25, 0.3) is 5.91 Å². The standard InChI is InChI=1S/C20H13BrN2O/c21-18-10-3-4-11-19(18)23-20(24)16(13-22)12-15-8-5-7-14-6-1-2-9-17(14)15/h1-12H,(H,23,24)/b16-12-. The highest BCUT2D eigenvalue weighted by atomic mass is 79.9. The van der Waals surface area contributed by atoms with Crippen molar-refractivity contribution in [3.05, 3.63) is 82.3 Å². The second kappa shape index (κ2) is 7.12. The van der Waals surface area contributed by atoms with Gasteiger partial charge >= 0.3 is 0 Å². The fourth-order valence-corrected chi connectivity index (χ4v) is 2.82. The van der Waals surface area contributed by atoms with Crippen LogP contribution < -0.4 is 5.32 Å². The fourth-order valence-electron chi connectivity index (χ4n) is 2.43. The molecular formula is C20H13BrN2O. The normalized spacial score (nSPS) is 11.1. The summed E-state index contributed by atoms with van der Waals surface area (Å²) in [7, 11) is 0. The number of hydrogen-bond donors (Lipinski definition) is 1. The van der Waals surface area contributed by atoms with Gasteiger partial charge in [0.1, 0.15) is 11.6 Å². The van der Waals surface area contributed by atoms with E-state index in [1.54, 1.807) is 12.1 Å². The molecule has 0 spiro atoms. The molecule has 0 aliphatic heterocycles. The predicted octanol–water partition coefficient (Wildman–Crippen LogP) is 5.15. The van der Waals surface area contributed by atoms with Gasteiger partial charge in [0.05, 0.1) is 5.69 Å². The zero-order chi connectivity index (χ0) is 16.9. The first kappa shape index (κ1) is 16.0. The molecule has 0 fully saturated rings. The van der Waals surface area contributed by atoms with Crippen molar-refractivity contribution in [2.75, 3.05) is 5.32 Å². The molecule has 0 aliphatic carbocycles. The molecule has 0 aliphatic rings. The Hall–Kier alpha value is -2.90. The van der Waals surface area contributed by atoms with Crippen LogP contribution in [0.3, 0.4) is 0 Å². The molecule has 116 valence electrons. The number of halogens is 1. The van der Waals surface area contributed by atoms with Crippen LogP contribution in [0.1, 0.15) is 5.56 Å². The van der Waals surface area contributed by atoms with Crippen molar-refractivity contribution in [3.8, 4) is 6.07 Å². The molecular weight excluding hydrogens is 364 g/mol. The van der Waals surface area contributed by atoms with Gasteiger partial charge in [0.15, 0.2) is 0 Å². The number of nitriles is 1. The number of carbonyl (C=O) groups excluding carboxylic acids is 1. The van der Waals surface area contributed by atoms with E-state index in [1.807, 2.05) is 66.7 Å². The summed E-state index contributed by atoms with van der Waals surface area (Å²) < 4.78 is 0.765. The lowest BCUT2D eigenvalue weighted by Crippen LogP contribution is -2.13. The quantitative estimate of drug-likeness (QED) is 0.507. The number of nitrogens with one attached hydrogen (secondary N) is 1. The molecule has 0 unspecified atom stereocenters. The highest BCUT2D eigenvalue weighted by Crippen LogP contribution is 2.23. The topological polar surface area (TPSA) is 52.9 Å². The number of fused-ring (bicyclic) bond motifs is 1. The molecule has 0 atom stereocenters. The van der Waals surface area contributed by atoms with Gasteiger partial charge in [-0.15, -0.1) is 0 Å². The van der Waals surface area contributed by atoms with Gasteiger partial charge in [-0.05, 0) is 50.5 Å². The molecule has 24 heavy (non-hydrogen) atoms. The van der Waals surface area contributed by atoms with Gasteiger partial charge in [-0.3, -0.25) is 4.79 Å². The van der Waals surface area contributed by atoms with E-state index in [-0.39, 0.29) is 5.57 Å². The minimum absolute atomic E-state index is 0.0575. The molecule has 0 radical (unpaired) electrons. The molecule has 0 bridgehead atoms. The summed E-state index contributed by atoms with van der Waals surface area (Å²) in [6.07, 6.45) is 1.62. The molecule has 3 aromatic rings. The zero-order valence-electron chi connectivity index (χ0n) is 12.7. The second-order valence-electron chi connectivity index (χ2n) is 5.17.